The van der Waals surface area contributed by atoms with Crippen molar-refractivity contribution in [2.75, 3.05) is 5.32 Å². The van der Waals surface area contributed by atoms with Crippen LogP contribution < -0.4 is 5.32 Å². The molecule has 3 heteroatoms. The molecule has 3 rings (SSSR count). The molecule has 1 aromatic carbocycles. The van der Waals surface area contributed by atoms with Gasteiger partial charge >= 0.3 is 0 Å². The molecule has 0 saturated carbocycles. The fraction of sp³-hybridized carbons (Fsp3) is 0.167. The van der Waals surface area contributed by atoms with Crippen molar-refractivity contribution in [3.63, 3.8) is 0 Å². The Morgan fingerprint density at radius 3 is 2.71 bits per heavy atom. The second-order valence-electron chi connectivity index (χ2n) is 5.24. The molecule has 1 unspecified atom stereocenters. The molecule has 2 aliphatic rings. The van der Waals surface area contributed by atoms with E-state index in [1.807, 2.05) is 32.0 Å². The first-order valence-electron chi connectivity index (χ1n) is 6.89. The maximum absolute atomic E-state index is 12.4. The molecule has 0 saturated heterocycles. The van der Waals surface area contributed by atoms with Gasteiger partial charge < -0.3 is 10.1 Å². The fourth-order valence-electron chi connectivity index (χ4n) is 2.85. The van der Waals surface area contributed by atoms with Crippen LogP contribution in [0.2, 0.25) is 0 Å². The van der Waals surface area contributed by atoms with Gasteiger partial charge in [0.15, 0.2) is 0 Å². The molecule has 106 valence electrons. The van der Waals surface area contributed by atoms with Gasteiger partial charge in [-0.3, -0.25) is 4.79 Å². The normalized spacial score (nSPS) is 23.7. The van der Waals surface area contributed by atoms with Gasteiger partial charge in [-0.15, -0.1) is 0 Å². The minimum atomic E-state index is -0.137. The summed E-state index contributed by atoms with van der Waals surface area (Å²) in [6, 6.07) is 5.90. The second kappa shape index (κ2) is 4.77. The van der Waals surface area contributed by atoms with Gasteiger partial charge in [-0.05, 0) is 25.5 Å². The summed E-state index contributed by atoms with van der Waals surface area (Å²) in [6.07, 6.45) is 3.36. The number of fused-ring (bicyclic) bond motifs is 1. The zero-order valence-electron chi connectivity index (χ0n) is 12.2. The van der Waals surface area contributed by atoms with Crippen LogP contribution in [0, 0.1) is 6.92 Å². The second-order valence-corrected chi connectivity index (χ2v) is 5.24. The zero-order chi connectivity index (χ0) is 15.1. The third-order valence-corrected chi connectivity index (χ3v) is 3.86. The van der Waals surface area contributed by atoms with Crippen molar-refractivity contribution in [1.29, 1.82) is 0 Å². The maximum atomic E-state index is 12.4. The molecule has 0 bridgehead atoms. The summed E-state index contributed by atoms with van der Waals surface area (Å²) < 4.78 is 5.91. The van der Waals surface area contributed by atoms with E-state index in [-0.39, 0.29) is 12.0 Å². The first kappa shape index (κ1) is 13.4. The van der Waals surface area contributed by atoms with Gasteiger partial charge in [0.05, 0.1) is 5.57 Å². The number of anilines is 1. The topological polar surface area (TPSA) is 38.3 Å². The van der Waals surface area contributed by atoms with E-state index >= 15 is 0 Å². The molecule has 2 aliphatic heterocycles. The number of aryl methyl sites for hydroxylation is 1. The van der Waals surface area contributed by atoms with Crippen LogP contribution in [0.15, 0.2) is 60.4 Å². The van der Waals surface area contributed by atoms with E-state index in [9.17, 15) is 4.79 Å². The summed E-state index contributed by atoms with van der Waals surface area (Å²) in [5.74, 6) is 0.454. The van der Waals surface area contributed by atoms with Crippen LogP contribution in [0.5, 0.6) is 0 Å². The van der Waals surface area contributed by atoms with Gasteiger partial charge in [0.1, 0.15) is 11.9 Å². The van der Waals surface area contributed by atoms with E-state index in [1.165, 1.54) is 0 Å². The standard InChI is InChI=1S/C18H17NO2/c1-5-12-11(4)21-17(13(12)6-2)16-14-8-7-10(3)9-15(14)19-18(16)20/h5-9,11H,1-2H2,3-4H3,(H,19,20)/b17-16+. The van der Waals surface area contributed by atoms with Gasteiger partial charge in [-0.25, -0.2) is 0 Å². The van der Waals surface area contributed by atoms with Crippen LogP contribution in [-0.2, 0) is 9.53 Å². The van der Waals surface area contributed by atoms with Gasteiger partial charge in [0.25, 0.3) is 5.91 Å². The Morgan fingerprint density at radius 1 is 1.29 bits per heavy atom. The van der Waals surface area contributed by atoms with Crippen molar-refractivity contribution in [3.8, 4) is 0 Å². The lowest BCUT2D eigenvalue weighted by Gasteiger charge is -2.09. The van der Waals surface area contributed by atoms with E-state index in [1.54, 1.807) is 12.2 Å². The number of carbonyl (C=O) groups is 1. The smallest absolute Gasteiger partial charge is 0.260 e. The molecule has 0 aliphatic carbocycles. The average Bonchev–Trinajstić information content (AvgIpc) is 2.93. The first-order valence-corrected chi connectivity index (χ1v) is 6.89. The van der Waals surface area contributed by atoms with Gasteiger partial charge in [-0.1, -0.05) is 37.4 Å². The molecule has 1 aromatic rings. The number of hydrogen-bond acceptors (Lipinski definition) is 2. The molecule has 3 nitrogen and oxygen atoms in total. The summed E-state index contributed by atoms with van der Waals surface area (Å²) in [4.78, 5) is 12.4. The Labute approximate surface area is 124 Å². The molecule has 0 aromatic heterocycles. The third kappa shape index (κ3) is 1.93. The van der Waals surface area contributed by atoms with E-state index in [0.717, 1.165) is 28.0 Å². The molecule has 0 spiro atoms. The number of benzene rings is 1. The lowest BCUT2D eigenvalue weighted by Crippen LogP contribution is -2.08. The van der Waals surface area contributed by atoms with Crippen LogP contribution in [0.25, 0.3) is 5.57 Å². The summed E-state index contributed by atoms with van der Waals surface area (Å²) >= 11 is 0. The van der Waals surface area contributed by atoms with Gasteiger partial charge in [0, 0.05) is 22.4 Å². The van der Waals surface area contributed by atoms with Crippen molar-refractivity contribution >= 4 is 17.2 Å². The minimum absolute atomic E-state index is 0.125. The molecule has 1 N–H and O–H groups in total. The third-order valence-electron chi connectivity index (χ3n) is 3.86. The summed E-state index contributed by atoms with van der Waals surface area (Å²) in [7, 11) is 0. The Hall–Kier alpha value is -2.55. The van der Waals surface area contributed by atoms with Crippen molar-refractivity contribution in [1.82, 2.24) is 0 Å². The van der Waals surface area contributed by atoms with Crippen LogP contribution in [0.1, 0.15) is 18.1 Å². The van der Waals surface area contributed by atoms with Gasteiger partial charge in [0.2, 0.25) is 0 Å². The Balaban J connectivity index is 2.25. The molecule has 2 heterocycles. The number of amides is 1. The van der Waals surface area contributed by atoms with Crippen LogP contribution >= 0.6 is 0 Å². The predicted octanol–water partition coefficient (Wildman–Crippen LogP) is 3.75. The number of nitrogens with one attached hydrogen (secondary N) is 1. The highest BCUT2D eigenvalue weighted by Gasteiger charge is 2.34. The molecule has 0 fully saturated rings. The van der Waals surface area contributed by atoms with Crippen LogP contribution in [-0.4, -0.2) is 12.0 Å². The molecular formula is C18H17NO2. The average molecular weight is 279 g/mol. The Morgan fingerprint density at radius 2 is 2.05 bits per heavy atom. The van der Waals surface area contributed by atoms with E-state index in [2.05, 4.69) is 18.5 Å². The number of rotatable bonds is 2. The molecule has 21 heavy (non-hydrogen) atoms. The number of allylic oxidation sites excluding steroid dienone is 1. The highest BCUT2D eigenvalue weighted by atomic mass is 16.5. The predicted molar refractivity (Wildman–Crippen MR) is 84.7 cm³/mol. The van der Waals surface area contributed by atoms with E-state index < -0.39 is 0 Å². The fourth-order valence-corrected chi connectivity index (χ4v) is 2.85. The lowest BCUT2D eigenvalue weighted by atomic mass is 9.99. The minimum Gasteiger partial charge on any atom is -0.484 e. The first-order chi connectivity index (χ1) is 10.1. The molecular weight excluding hydrogens is 262 g/mol. The monoisotopic (exact) mass is 279 g/mol. The lowest BCUT2D eigenvalue weighted by molar-refractivity contribution is -0.110. The Kier molecular flexibility index (Phi) is 3.05. The van der Waals surface area contributed by atoms with Crippen LogP contribution in [0.4, 0.5) is 5.69 Å². The summed E-state index contributed by atoms with van der Waals surface area (Å²) in [5, 5.41) is 2.90. The summed E-state index contributed by atoms with van der Waals surface area (Å²) in [6.45, 7) is 11.6. The molecule has 1 amide bonds. The number of ether oxygens (including phenoxy) is 1. The SMILES string of the molecule is C=CC1=C(C=C)C(C)O/C1=C1/C(=O)Nc2cc(C)ccc21. The number of carbonyl (C=O) groups excluding carboxylic acids is 1. The zero-order valence-corrected chi connectivity index (χ0v) is 12.2. The van der Waals surface area contributed by atoms with Crippen LogP contribution in [0.3, 0.4) is 0 Å². The molecule has 0 radical (unpaired) electrons. The van der Waals surface area contributed by atoms with Crippen molar-refractivity contribution in [3.05, 3.63) is 71.5 Å². The van der Waals surface area contributed by atoms with E-state index in [4.69, 9.17) is 4.74 Å². The van der Waals surface area contributed by atoms with E-state index in [0.29, 0.717) is 11.3 Å². The summed E-state index contributed by atoms with van der Waals surface area (Å²) in [5.41, 5.74) is 5.18. The van der Waals surface area contributed by atoms with Crippen molar-refractivity contribution in [2.45, 2.75) is 20.0 Å². The molecule has 1 atom stereocenters. The Bertz CT molecular complexity index is 738. The highest BCUT2D eigenvalue weighted by Crippen LogP contribution is 2.41. The largest absolute Gasteiger partial charge is 0.484 e. The quantitative estimate of drug-likeness (QED) is 0.837. The van der Waals surface area contributed by atoms with Crippen molar-refractivity contribution in [2.24, 2.45) is 0 Å². The highest BCUT2D eigenvalue weighted by molar-refractivity contribution is 6.32. The maximum Gasteiger partial charge on any atom is 0.260 e. The van der Waals surface area contributed by atoms with Crippen molar-refractivity contribution < 1.29 is 9.53 Å². The van der Waals surface area contributed by atoms with Gasteiger partial charge in [-0.2, -0.15) is 0 Å². The number of hydrogen-bond donors (Lipinski definition) is 1.